The van der Waals surface area contributed by atoms with Gasteiger partial charge in [-0.1, -0.05) is 28.1 Å². The van der Waals surface area contributed by atoms with Crippen LogP contribution in [0.2, 0.25) is 0 Å². The fourth-order valence-corrected chi connectivity index (χ4v) is 3.70. The third kappa shape index (κ3) is 4.55. The van der Waals surface area contributed by atoms with E-state index in [2.05, 4.69) is 15.9 Å². The predicted octanol–water partition coefficient (Wildman–Crippen LogP) is 3.05. The van der Waals surface area contributed by atoms with Crippen molar-refractivity contribution >= 4 is 37.6 Å². The number of hydrogen-bond donors (Lipinski definition) is 1. The van der Waals surface area contributed by atoms with Crippen LogP contribution in [0, 0.1) is 5.82 Å². The van der Waals surface area contributed by atoms with Crippen LogP contribution in [0.5, 0.6) is 0 Å². The highest BCUT2D eigenvalue weighted by molar-refractivity contribution is 9.10. The quantitative estimate of drug-likeness (QED) is 0.786. The molecule has 0 saturated carbocycles. The SMILES string of the molecule is CS(=O)(=O)N(c1ccc(F)cc1)[C@H](Cc1ccc(Br)cc1)C(=O)O. The van der Waals surface area contributed by atoms with Crippen LogP contribution in [0.4, 0.5) is 10.1 Å². The molecule has 0 amide bonds. The molecule has 8 heteroatoms. The number of carboxylic acid groups (broad SMARTS) is 1. The highest BCUT2D eigenvalue weighted by Crippen LogP contribution is 2.24. The Bertz CT molecular complexity index is 822. The summed E-state index contributed by atoms with van der Waals surface area (Å²) in [4.78, 5) is 11.7. The minimum Gasteiger partial charge on any atom is -0.480 e. The summed E-state index contributed by atoms with van der Waals surface area (Å²) in [6, 6.07) is 10.2. The molecular weight excluding hydrogens is 401 g/mol. The van der Waals surface area contributed by atoms with E-state index in [1.807, 2.05) is 0 Å². The number of sulfonamides is 1. The highest BCUT2D eigenvalue weighted by atomic mass is 79.9. The zero-order chi connectivity index (χ0) is 17.9. The number of carboxylic acids is 1. The van der Waals surface area contributed by atoms with E-state index < -0.39 is 27.9 Å². The molecule has 1 atom stereocenters. The van der Waals surface area contributed by atoms with Crippen LogP contribution in [-0.2, 0) is 21.2 Å². The Morgan fingerprint density at radius 2 is 1.71 bits per heavy atom. The van der Waals surface area contributed by atoms with E-state index in [-0.39, 0.29) is 12.1 Å². The Kier molecular flexibility index (Phi) is 5.61. The van der Waals surface area contributed by atoms with Crippen LogP contribution >= 0.6 is 15.9 Å². The third-order valence-electron chi connectivity index (χ3n) is 3.35. The number of carbonyl (C=O) groups is 1. The monoisotopic (exact) mass is 415 g/mol. The maximum Gasteiger partial charge on any atom is 0.327 e. The molecule has 128 valence electrons. The maximum atomic E-state index is 13.1. The van der Waals surface area contributed by atoms with Crippen molar-refractivity contribution in [3.05, 3.63) is 64.4 Å². The smallest absolute Gasteiger partial charge is 0.327 e. The second-order valence-electron chi connectivity index (χ2n) is 5.22. The van der Waals surface area contributed by atoms with Crippen molar-refractivity contribution in [3.8, 4) is 0 Å². The maximum absolute atomic E-state index is 13.1. The molecule has 0 bridgehead atoms. The van der Waals surface area contributed by atoms with Crippen molar-refractivity contribution in [3.63, 3.8) is 0 Å². The third-order valence-corrected chi connectivity index (χ3v) is 5.06. The minimum atomic E-state index is -3.88. The van der Waals surface area contributed by atoms with Gasteiger partial charge in [0, 0.05) is 10.9 Å². The molecular formula is C16H15BrFNO4S. The zero-order valence-corrected chi connectivity index (χ0v) is 15.1. The topological polar surface area (TPSA) is 74.7 Å². The second-order valence-corrected chi connectivity index (χ2v) is 7.99. The van der Waals surface area contributed by atoms with Crippen molar-refractivity contribution in [2.24, 2.45) is 0 Å². The summed E-state index contributed by atoms with van der Waals surface area (Å²) < 4.78 is 39.1. The molecule has 0 aromatic heterocycles. The van der Waals surface area contributed by atoms with Gasteiger partial charge in [-0.3, -0.25) is 4.31 Å². The lowest BCUT2D eigenvalue weighted by Crippen LogP contribution is -2.46. The van der Waals surface area contributed by atoms with Gasteiger partial charge in [0.2, 0.25) is 10.0 Å². The number of benzene rings is 2. The average molecular weight is 416 g/mol. The molecule has 0 spiro atoms. The minimum absolute atomic E-state index is 0.0208. The number of hydrogen-bond acceptors (Lipinski definition) is 3. The first-order valence-electron chi connectivity index (χ1n) is 6.90. The van der Waals surface area contributed by atoms with E-state index in [1.165, 1.54) is 12.1 Å². The molecule has 2 aromatic carbocycles. The molecule has 0 radical (unpaired) electrons. The van der Waals surface area contributed by atoms with Crippen molar-refractivity contribution < 1.29 is 22.7 Å². The zero-order valence-electron chi connectivity index (χ0n) is 12.7. The highest BCUT2D eigenvalue weighted by Gasteiger charge is 2.32. The molecule has 0 heterocycles. The molecule has 1 N–H and O–H groups in total. The molecule has 0 aliphatic heterocycles. The molecule has 5 nitrogen and oxygen atoms in total. The van der Waals surface area contributed by atoms with Crippen molar-refractivity contribution in [2.45, 2.75) is 12.5 Å². The van der Waals surface area contributed by atoms with Crippen molar-refractivity contribution in [1.29, 1.82) is 0 Å². The molecule has 0 saturated heterocycles. The van der Waals surface area contributed by atoms with E-state index in [0.717, 1.165) is 27.2 Å². The summed E-state index contributed by atoms with van der Waals surface area (Å²) in [7, 11) is -3.88. The number of aliphatic carboxylic acids is 1. The molecule has 24 heavy (non-hydrogen) atoms. The Morgan fingerprint density at radius 3 is 2.17 bits per heavy atom. The first-order chi connectivity index (χ1) is 11.2. The number of nitrogens with zero attached hydrogens (tertiary/aromatic N) is 1. The first kappa shape index (κ1) is 18.4. The summed E-state index contributed by atoms with van der Waals surface area (Å²) in [5, 5.41) is 9.55. The summed E-state index contributed by atoms with van der Waals surface area (Å²) in [5.41, 5.74) is 0.768. The van der Waals surface area contributed by atoms with Gasteiger partial charge >= 0.3 is 5.97 Å². The van der Waals surface area contributed by atoms with Gasteiger partial charge in [-0.2, -0.15) is 0 Å². The molecule has 2 rings (SSSR count). The van der Waals surface area contributed by atoms with Crippen LogP contribution < -0.4 is 4.31 Å². The number of halogens is 2. The summed E-state index contributed by atoms with van der Waals surface area (Å²) in [5.74, 6) is -1.82. The number of anilines is 1. The predicted molar refractivity (Wildman–Crippen MR) is 93.0 cm³/mol. The van der Waals surface area contributed by atoms with Crippen LogP contribution in [0.25, 0.3) is 0 Å². The van der Waals surface area contributed by atoms with E-state index in [9.17, 15) is 22.7 Å². The fraction of sp³-hybridized carbons (Fsp3) is 0.188. The summed E-state index contributed by atoms with van der Waals surface area (Å²) in [6.07, 6.45) is 0.904. The lowest BCUT2D eigenvalue weighted by molar-refractivity contribution is -0.138. The van der Waals surface area contributed by atoms with Gasteiger partial charge in [-0.15, -0.1) is 0 Å². The Morgan fingerprint density at radius 1 is 1.17 bits per heavy atom. The van der Waals surface area contributed by atoms with E-state index in [4.69, 9.17) is 0 Å². The Hall–Kier alpha value is -1.93. The molecule has 2 aromatic rings. The summed E-state index contributed by atoms with van der Waals surface area (Å²) >= 11 is 3.29. The number of rotatable bonds is 6. The molecule has 0 unspecified atom stereocenters. The van der Waals surface area contributed by atoms with Gasteiger partial charge in [0.15, 0.2) is 0 Å². The van der Waals surface area contributed by atoms with Crippen LogP contribution in [-0.4, -0.2) is 31.8 Å². The lowest BCUT2D eigenvalue weighted by atomic mass is 10.1. The Balaban J connectivity index is 2.45. The van der Waals surface area contributed by atoms with E-state index in [1.54, 1.807) is 24.3 Å². The van der Waals surface area contributed by atoms with Gasteiger partial charge in [0.05, 0.1) is 11.9 Å². The van der Waals surface area contributed by atoms with Crippen LogP contribution in [0.15, 0.2) is 53.0 Å². The normalized spacial score (nSPS) is 12.6. The van der Waals surface area contributed by atoms with Crippen molar-refractivity contribution in [1.82, 2.24) is 0 Å². The fourth-order valence-electron chi connectivity index (χ4n) is 2.30. The van der Waals surface area contributed by atoms with Gasteiger partial charge in [0.25, 0.3) is 0 Å². The molecule has 0 aliphatic carbocycles. The second kappa shape index (κ2) is 7.31. The summed E-state index contributed by atoms with van der Waals surface area (Å²) in [6.45, 7) is 0. The lowest BCUT2D eigenvalue weighted by Gasteiger charge is -2.29. The first-order valence-corrected chi connectivity index (χ1v) is 9.55. The standard InChI is InChI=1S/C16H15BrFNO4S/c1-24(22,23)19(14-8-6-13(18)7-9-14)15(16(20)21)10-11-2-4-12(17)5-3-11/h2-9,15H,10H2,1H3,(H,20,21)/t15-/m1/s1. The largest absolute Gasteiger partial charge is 0.480 e. The van der Waals surface area contributed by atoms with Gasteiger partial charge in [-0.25, -0.2) is 17.6 Å². The molecule has 0 aliphatic rings. The van der Waals surface area contributed by atoms with E-state index in [0.29, 0.717) is 5.56 Å². The van der Waals surface area contributed by atoms with Gasteiger partial charge < -0.3 is 5.11 Å². The van der Waals surface area contributed by atoms with E-state index >= 15 is 0 Å². The van der Waals surface area contributed by atoms with Crippen LogP contribution in [0.1, 0.15) is 5.56 Å². The van der Waals surface area contributed by atoms with Crippen LogP contribution in [0.3, 0.4) is 0 Å². The average Bonchev–Trinajstić information content (AvgIpc) is 2.49. The molecule has 0 fully saturated rings. The van der Waals surface area contributed by atoms with Gasteiger partial charge in [0.1, 0.15) is 11.9 Å². The van der Waals surface area contributed by atoms with Gasteiger partial charge in [-0.05, 0) is 42.0 Å². The Labute approximate surface area is 147 Å². The van der Waals surface area contributed by atoms with Crippen molar-refractivity contribution in [2.75, 3.05) is 10.6 Å².